The van der Waals surface area contributed by atoms with Crippen LogP contribution < -0.4 is 0 Å². The highest BCUT2D eigenvalue weighted by molar-refractivity contribution is 5.65. The zero-order valence-corrected chi connectivity index (χ0v) is 7.59. The van der Waals surface area contributed by atoms with Crippen LogP contribution in [-0.2, 0) is 10.4 Å². The van der Waals surface area contributed by atoms with Crippen LogP contribution in [0.3, 0.4) is 0 Å². The first-order chi connectivity index (χ1) is 6.98. The van der Waals surface area contributed by atoms with E-state index in [1.165, 1.54) is 0 Å². The summed E-state index contributed by atoms with van der Waals surface area (Å²) in [4.78, 5) is 20.0. The quantitative estimate of drug-likeness (QED) is 0.448. The number of aldehydes is 1. The molecule has 1 rings (SSSR count). The molecule has 1 aromatic carbocycles. The molecule has 0 aromatic heterocycles. The van der Waals surface area contributed by atoms with Crippen LogP contribution in [0, 0.1) is 15.9 Å². The summed E-state index contributed by atoms with van der Waals surface area (Å²) in [6.07, 6.45) is 0.0725. The van der Waals surface area contributed by atoms with E-state index in [9.17, 15) is 24.4 Å². The van der Waals surface area contributed by atoms with E-state index in [1.54, 1.807) is 0 Å². The van der Waals surface area contributed by atoms with Crippen molar-refractivity contribution in [3.8, 4) is 0 Å². The maximum absolute atomic E-state index is 12.5. The standard InChI is InChI=1S/C9H8FNO4/c10-8-3-1-7(2-4-8)9(13,6-12)5-11(14)15/h1-4,6,13H,5H2/t9-/m0/s1. The molecule has 0 amide bonds. The van der Waals surface area contributed by atoms with Gasteiger partial charge in [-0.1, -0.05) is 12.1 Å². The fraction of sp³-hybridized carbons (Fsp3) is 0.222. The van der Waals surface area contributed by atoms with Gasteiger partial charge in [0.25, 0.3) is 0 Å². The number of benzene rings is 1. The topological polar surface area (TPSA) is 80.4 Å². The molecule has 0 aliphatic rings. The molecule has 0 heterocycles. The van der Waals surface area contributed by atoms with Crippen molar-refractivity contribution in [3.05, 3.63) is 45.8 Å². The number of rotatable bonds is 4. The Hall–Kier alpha value is -1.82. The second-order valence-corrected chi connectivity index (χ2v) is 3.04. The van der Waals surface area contributed by atoms with Crippen LogP contribution in [-0.4, -0.2) is 22.9 Å². The van der Waals surface area contributed by atoms with Crippen molar-refractivity contribution in [1.29, 1.82) is 0 Å². The number of carbonyl (C=O) groups excluding carboxylic acids is 1. The molecule has 0 bridgehead atoms. The highest BCUT2D eigenvalue weighted by atomic mass is 19.1. The SMILES string of the molecule is O=C[C@@](O)(C[N+](=O)[O-])c1ccc(F)cc1. The summed E-state index contributed by atoms with van der Waals surface area (Å²) in [5.41, 5.74) is -2.20. The van der Waals surface area contributed by atoms with Crippen LogP contribution in [0.2, 0.25) is 0 Å². The molecule has 1 atom stereocenters. The molecule has 80 valence electrons. The molecule has 0 spiro atoms. The number of nitrogens with zero attached hydrogens (tertiary/aromatic N) is 1. The Kier molecular flexibility index (Phi) is 3.11. The Labute approximate surface area is 84.3 Å². The van der Waals surface area contributed by atoms with Crippen LogP contribution in [0.5, 0.6) is 0 Å². The first-order valence-corrected chi connectivity index (χ1v) is 4.04. The molecule has 0 aliphatic heterocycles. The van der Waals surface area contributed by atoms with E-state index in [0.717, 1.165) is 24.3 Å². The maximum atomic E-state index is 12.5. The summed E-state index contributed by atoms with van der Waals surface area (Å²) in [5.74, 6) is -0.548. The smallest absolute Gasteiger partial charge is 0.243 e. The lowest BCUT2D eigenvalue weighted by Gasteiger charge is -2.16. The van der Waals surface area contributed by atoms with Crippen LogP contribution >= 0.6 is 0 Å². The average molecular weight is 213 g/mol. The molecule has 0 radical (unpaired) electrons. The van der Waals surface area contributed by atoms with Crippen molar-refractivity contribution < 1.29 is 19.2 Å². The summed E-state index contributed by atoms with van der Waals surface area (Å²) in [6, 6.07) is 4.30. The number of nitro groups is 1. The van der Waals surface area contributed by atoms with Gasteiger partial charge in [-0.15, -0.1) is 0 Å². The predicted octanol–water partition coefficient (Wildman–Crippen LogP) is 0.489. The van der Waals surface area contributed by atoms with Crippen molar-refractivity contribution in [1.82, 2.24) is 0 Å². The molecule has 0 fully saturated rings. The number of hydrogen-bond acceptors (Lipinski definition) is 4. The van der Waals surface area contributed by atoms with E-state index in [-0.39, 0.29) is 11.8 Å². The normalized spacial score (nSPS) is 14.3. The van der Waals surface area contributed by atoms with Crippen molar-refractivity contribution in [2.45, 2.75) is 5.60 Å². The molecule has 1 aromatic rings. The van der Waals surface area contributed by atoms with Crippen molar-refractivity contribution in [3.63, 3.8) is 0 Å². The van der Waals surface area contributed by atoms with Crippen molar-refractivity contribution in [2.75, 3.05) is 6.54 Å². The summed E-state index contributed by atoms with van der Waals surface area (Å²) in [5, 5.41) is 19.8. The Morgan fingerprint density at radius 3 is 2.40 bits per heavy atom. The van der Waals surface area contributed by atoms with Gasteiger partial charge >= 0.3 is 0 Å². The van der Waals surface area contributed by atoms with E-state index in [2.05, 4.69) is 0 Å². The average Bonchev–Trinajstić information content (AvgIpc) is 2.17. The number of hydrogen-bond donors (Lipinski definition) is 1. The van der Waals surface area contributed by atoms with E-state index in [1.807, 2.05) is 0 Å². The molecule has 0 saturated carbocycles. The van der Waals surface area contributed by atoms with Crippen LogP contribution in [0.1, 0.15) is 5.56 Å². The van der Waals surface area contributed by atoms with Gasteiger partial charge in [0.1, 0.15) is 5.82 Å². The van der Waals surface area contributed by atoms with Gasteiger partial charge in [-0.3, -0.25) is 14.9 Å². The lowest BCUT2D eigenvalue weighted by Crippen LogP contribution is -2.35. The lowest BCUT2D eigenvalue weighted by molar-refractivity contribution is -0.497. The molecular weight excluding hydrogens is 205 g/mol. The monoisotopic (exact) mass is 213 g/mol. The van der Waals surface area contributed by atoms with Gasteiger partial charge in [0.05, 0.1) is 0 Å². The Balaban J connectivity index is 3.05. The molecule has 15 heavy (non-hydrogen) atoms. The fourth-order valence-electron chi connectivity index (χ4n) is 1.13. The van der Waals surface area contributed by atoms with Crippen molar-refractivity contribution >= 4 is 6.29 Å². The third-order valence-corrected chi connectivity index (χ3v) is 1.91. The molecule has 1 N–H and O–H groups in total. The first kappa shape index (κ1) is 11.3. The molecule has 6 heteroatoms. The van der Waals surface area contributed by atoms with Gasteiger partial charge in [-0.25, -0.2) is 4.39 Å². The van der Waals surface area contributed by atoms with Gasteiger partial charge < -0.3 is 5.11 Å². The Bertz CT molecular complexity index is 378. The largest absolute Gasteiger partial charge is 0.372 e. The number of aliphatic hydroxyl groups is 1. The minimum absolute atomic E-state index is 0.00407. The minimum Gasteiger partial charge on any atom is -0.372 e. The third-order valence-electron chi connectivity index (χ3n) is 1.91. The van der Waals surface area contributed by atoms with Crippen LogP contribution in [0.4, 0.5) is 4.39 Å². The highest BCUT2D eigenvalue weighted by Crippen LogP contribution is 2.19. The lowest BCUT2D eigenvalue weighted by atomic mass is 9.96. The molecule has 5 nitrogen and oxygen atoms in total. The summed E-state index contributed by atoms with van der Waals surface area (Å²) >= 11 is 0. The molecule has 0 saturated heterocycles. The van der Waals surface area contributed by atoms with Gasteiger partial charge in [-0.05, 0) is 17.7 Å². The van der Waals surface area contributed by atoms with E-state index < -0.39 is 22.9 Å². The first-order valence-electron chi connectivity index (χ1n) is 4.04. The number of halogens is 1. The number of carbonyl (C=O) groups is 1. The molecule has 0 aliphatic carbocycles. The Morgan fingerprint density at radius 2 is 2.00 bits per heavy atom. The molecular formula is C9H8FNO4. The van der Waals surface area contributed by atoms with Gasteiger partial charge in [0, 0.05) is 4.92 Å². The Morgan fingerprint density at radius 1 is 1.47 bits per heavy atom. The second-order valence-electron chi connectivity index (χ2n) is 3.04. The van der Waals surface area contributed by atoms with Gasteiger partial charge in [0.15, 0.2) is 6.29 Å². The zero-order valence-electron chi connectivity index (χ0n) is 7.59. The predicted molar refractivity (Wildman–Crippen MR) is 48.2 cm³/mol. The third kappa shape index (κ3) is 2.57. The van der Waals surface area contributed by atoms with E-state index in [4.69, 9.17) is 0 Å². The second kappa shape index (κ2) is 4.14. The van der Waals surface area contributed by atoms with Crippen LogP contribution in [0.25, 0.3) is 0 Å². The van der Waals surface area contributed by atoms with Gasteiger partial charge in [0.2, 0.25) is 12.1 Å². The zero-order chi connectivity index (χ0) is 11.5. The molecule has 0 unspecified atom stereocenters. The highest BCUT2D eigenvalue weighted by Gasteiger charge is 2.34. The van der Waals surface area contributed by atoms with Crippen molar-refractivity contribution in [2.24, 2.45) is 0 Å². The fourth-order valence-corrected chi connectivity index (χ4v) is 1.13. The maximum Gasteiger partial charge on any atom is 0.243 e. The van der Waals surface area contributed by atoms with Gasteiger partial charge in [-0.2, -0.15) is 0 Å². The van der Waals surface area contributed by atoms with E-state index >= 15 is 0 Å². The minimum atomic E-state index is -2.20. The van der Waals surface area contributed by atoms with E-state index in [0.29, 0.717) is 0 Å². The summed E-state index contributed by atoms with van der Waals surface area (Å²) in [6.45, 7) is -0.942. The summed E-state index contributed by atoms with van der Waals surface area (Å²) in [7, 11) is 0. The van der Waals surface area contributed by atoms with Crippen LogP contribution in [0.15, 0.2) is 24.3 Å². The summed E-state index contributed by atoms with van der Waals surface area (Å²) < 4.78 is 12.5.